The zero-order valence-electron chi connectivity index (χ0n) is 20.0. The Bertz CT molecular complexity index is 1300. The van der Waals surface area contributed by atoms with Crippen LogP contribution in [0.15, 0.2) is 23.8 Å². The average Bonchev–Trinajstić information content (AvgIpc) is 3.61. The molecule has 1 aliphatic heterocycles. The number of nitrogens with zero attached hydrogens (tertiary/aromatic N) is 5. The molecular weight excluding hydrogens is 486 g/mol. The summed E-state index contributed by atoms with van der Waals surface area (Å²) in [5.74, 6) is 5.10. The number of nitrogens with two attached hydrogens (primary N) is 1. The molecule has 12 nitrogen and oxygen atoms in total. The largest absolute Gasteiger partial charge is 0.388 e. The fourth-order valence-electron chi connectivity index (χ4n) is 3.87. The summed E-state index contributed by atoms with van der Waals surface area (Å²) >= 11 is 1.36. The number of carbonyl (C=O) groups is 2. The highest BCUT2D eigenvalue weighted by Gasteiger charge is 2.45. The van der Waals surface area contributed by atoms with E-state index in [1.807, 2.05) is 11.4 Å². The van der Waals surface area contributed by atoms with Crippen LogP contribution in [0.25, 0.3) is 11.2 Å². The summed E-state index contributed by atoms with van der Waals surface area (Å²) in [5, 5.41) is 15.1. The van der Waals surface area contributed by atoms with Crippen LogP contribution in [0.4, 0.5) is 5.82 Å². The molecule has 4 N–H and O–H groups in total. The number of hydrogen-bond donors (Lipinski definition) is 3. The van der Waals surface area contributed by atoms with E-state index in [1.54, 1.807) is 25.0 Å². The number of ether oxygens (including phenoxy) is 2. The van der Waals surface area contributed by atoms with Crippen LogP contribution >= 0.6 is 11.3 Å². The molecule has 0 spiro atoms. The Labute approximate surface area is 211 Å². The number of rotatable bonds is 7. The number of carbonyl (C=O) groups excluding carboxylic acids is 2. The summed E-state index contributed by atoms with van der Waals surface area (Å²) in [6.45, 7) is 2.61. The third-order valence-electron chi connectivity index (χ3n) is 5.88. The summed E-state index contributed by atoms with van der Waals surface area (Å²) < 4.78 is 12.5. The van der Waals surface area contributed by atoms with E-state index in [-0.39, 0.29) is 30.0 Å². The standard InChI is InChI=1S/C23H27N7O5S/c1-13-17(31)23(35-18(13)21(32)25-2)30-12-26-16-19(24)27-15(28-20(16)30)7-4-8-29(9-10-34-3)22(33)14-6-5-11-36-14/h5-6,11-13,17-18,23,31H,8-10H2,1-3H3,(H,25,32)(H2,24,27,28)/t13-,17+,18?,23?/m0/s1. The quantitative estimate of drug-likeness (QED) is 0.377. The molecule has 0 aliphatic carbocycles. The molecule has 13 heteroatoms. The molecular formula is C23H27N7O5S. The third kappa shape index (κ3) is 5.02. The molecule has 3 aromatic rings. The molecule has 36 heavy (non-hydrogen) atoms. The fourth-order valence-corrected chi connectivity index (χ4v) is 4.56. The van der Waals surface area contributed by atoms with E-state index in [0.717, 1.165) is 0 Å². The Morgan fingerprint density at radius 2 is 2.22 bits per heavy atom. The van der Waals surface area contributed by atoms with E-state index in [1.165, 1.54) is 29.3 Å². The van der Waals surface area contributed by atoms with Gasteiger partial charge in [-0.2, -0.15) is 0 Å². The maximum absolute atomic E-state index is 12.8. The summed E-state index contributed by atoms with van der Waals surface area (Å²) in [7, 11) is 3.07. The summed E-state index contributed by atoms with van der Waals surface area (Å²) in [6.07, 6.45) is -1.26. The van der Waals surface area contributed by atoms with Crippen molar-refractivity contribution in [1.82, 2.24) is 29.7 Å². The topological polar surface area (TPSA) is 158 Å². The number of aromatic nitrogens is 4. The van der Waals surface area contributed by atoms with Gasteiger partial charge in [-0.1, -0.05) is 18.9 Å². The number of hydrogen-bond acceptors (Lipinski definition) is 10. The lowest BCUT2D eigenvalue weighted by atomic mass is 10.00. The molecule has 1 aliphatic rings. The lowest BCUT2D eigenvalue weighted by molar-refractivity contribution is -0.135. The number of aliphatic hydroxyl groups is 1. The monoisotopic (exact) mass is 513 g/mol. The van der Waals surface area contributed by atoms with E-state index in [2.05, 4.69) is 32.1 Å². The molecule has 4 heterocycles. The first kappa shape index (κ1) is 25.5. The molecule has 1 saturated heterocycles. The van der Waals surface area contributed by atoms with E-state index in [0.29, 0.717) is 29.2 Å². The Hall–Kier alpha value is -3.57. The van der Waals surface area contributed by atoms with Gasteiger partial charge in [0.1, 0.15) is 17.7 Å². The predicted octanol–water partition coefficient (Wildman–Crippen LogP) is 0.251. The highest BCUT2D eigenvalue weighted by Crippen LogP contribution is 2.35. The van der Waals surface area contributed by atoms with Gasteiger partial charge in [0.15, 0.2) is 17.7 Å². The number of likely N-dealkylation sites (N-methyl/N-ethyl adjacent to an activating group) is 1. The molecule has 4 rings (SSSR count). The fraction of sp³-hybridized carbons (Fsp3) is 0.435. The molecule has 0 radical (unpaired) electrons. The SMILES string of the molecule is CNC(=O)C1OC(n2cnc3c(N)nc(C#CCN(CCOC)C(=O)c4cccs4)nc32)[C@H](O)[C@@H]1C. The van der Waals surface area contributed by atoms with Crippen molar-refractivity contribution in [2.24, 2.45) is 5.92 Å². The molecule has 2 amide bonds. The minimum Gasteiger partial charge on any atom is -0.388 e. The first-order valence-electron chi connectivity index (χ1n) is 11.2. The number of nitrogen functional groups attached to an aromatic ring is 1. The van der Waals surface area contributed by atoms with Gasteiger partial charge in [0, 0.05) is 26.6 Å². The number of methoxy groups -OCH3 is 1. The first-order chi connectivity index (χ1) is 17.3. The van der Waals surface area contributed by atoms with Gasteiger partial charge in [-0.25, -0.2) is 15.0 Å². The van der Waals surface area contributed by atoms with Gasteiger partial charge in [0.25, 0.3) is 5.91 Å². The normalized spacial score (nSPS) is 21.2. The molecule has 0 saturated carbocycles. The van der Waals surface area contributed by atoms with Gasteiger partial charge in [-0.05, 0) is 17.4 Å². The highest BCUT2D eigenvalue weighted by molar-refractivity contribution is 7.12. The van der Waals surface area contributed by atoms with Crippen LogP contribution in [0, 0.1) is 17.8 Å². The second kappa shape index (κ2) is 11.0. The third-order valence-corrected chi connectivity index (χ3v) is 6.73. The smallest absolute Gasteiger partial charge is 0.264 e. The zero-order chi connectivity index (χ0) is 25.8. The van der Waals surface area contributed by atoms with E-state index in [9.17, 15) is 14.7 Å². The van der Waals surface area contributed by atoms with Gasteiger partial charge in [0.05, 0.1) is 24.4 Å². The molecule has 3 aromatic heterocycles. The van der Waals surface area contributed by atoms with E-state index in [4.69, 9.17) is 15.2 Å². The van der Waals surface area contributed by atoms with Gasteiger partial charge in [-0.3, -0.25) is 14.2 Å². The van der Waals surface area contributed by atoms with Crippen molar-refractivity contribution in [1.29, 1.82) is 0 Å². The van der Waals surface area contributed by atoms with Crippen molar-refractivity contribution >= 4 is 40.1 Å². The lowest BCUT2D eigenvalue weighted by Gasteiger charge is -2.18. The number of imidazole rings is 1. The van der Waals surface area contributed by atoms with Gasteiger partial charge in [0.2, 0.25) is 11.7 Å². The molecule has 2 unspecified atom stereocenters. The van der Waals surface area contributed by atoms with Crippen molar-refractivity contribution in [3.63, 3.8) is 0 Å². The molecule has 1 fully saturated rings. The molecule has 4 atom stereocenters. The Kier molecular flexibility index (Phi) is 7.80. The van der Waals surface area contributed by atoms with Gasteiger partial charge < -0.3 is 30.5 Å². The second-order valence-corrected chi connectivity index (χ2v) is 9.11. The first-order valence-corrected chi connectivity index (χ1v) is 12.1. The summed E-state index contributed by atoms with van der Waals surface area (Å²) in [5.41, 5.74) is 6.73. The van der Waals surface area contributed by atoms with Crippen molar-refractivity contribution in [3.8, 4) is 11.8 Å². The maximum atomic E-state index is 12.8. The Balaban J connectivity index is 1.59. The number of amides is 2. The van der Waals surface area contributed by atoms with Crippen LogP contribution in [-0.4, -0.2) is 87.4 Å². The number of aliphatic hydroxyl groups excluding tert-OH is 1. The predicted molar refractivity (Wildman–Crippen MR) is 132 cm³/mol. The minimum absolute atomic E-state index is 0.109. The second-order valence-electron chi connectivity index (χ2n) is 8.17. The molecule has 0 aromatic carbocycles. The maximum Gasteiger partial charge on any atom is 0.264 e. The zero-order valence-corrected chi connectivity index (χ0v) is 20.9. The van der Waals surface area contributed by atoms with E-state index < -0.39 is 24.4 Å². The summed E-state index contributed by atoms with van der Waals surface area (Å²) in [6, 6.07) is 3.57. The van der Waals surface area contributed by atoms with E-state index >= 15 is 0 Å². The number of anilines is 1. The average molecular weight is 514 g/mol. The molecule has 0 bridgehead atoms. The Morgan fingerprint density at radius 3 is 2.92 bits per heavy atom. The van der Waals surface area contributed by atoms with Crippen LogP contribution in [0.1, 0.15) is 28.6 Å². The van der Waals surface area contributed by atoms with Crippen LogP contribution < -0.4 is 11.1 Å². The minimum atomic E-state index is -0.979. The van der Waals surface area contributed by atoms with Crippen LogP contribution in [0.2, 0.25) is 0 Å². The van der Waals surface area contributed by atoms with Gasteiger partial charge >= 0.3 is 0 Å². The van der Waals surface area contributed by atoms with Crippen molar-refractivity contribution in [3.05, 3.63) is 34.5 Å². The number of fused-ring (bicyclic) bond motifs is 1. The van der Waals surface area contributed by atoms with Crippen molar-refractivity contribution in [2.75, 3.05) is 39.6 Å². The van der Waals surface area contributed by atoms with Gasteiger partial charge in [-0.15, -0.1) is 11.3 Å². The number of nitrogens with one attached hydrogen (secondary N) is 1. The van der Waals surface area contributed by atoms with Crippen molar-refractivity contribution < 1.29 is 24.2 Å². The Morgan fingerprint density at radius 1 is 1.42 bits per heavy atom. The molecule has 190 valence electrons. The van der Waals surface area contributed by atoms with Crippen molar-refractivity contribution in [2.45, 2.75) is 25.4 Å². The highest BCUT2D eigenvalue weighted by atomic mass is 32.1. The number of thiophene rings is 1. The summed E-state index contributed by atoms with van der Waals surface area (Å²) in [4.78, 5) is 40.0. The van der Waals surface area contributed by atoms with Crippen LogP contribution in [0.3, 0.4) is 0 Å². The van der Waals surface area contributed by atoms with Crippen LogP contribution in [0.5, 0.6) is 0 Å². The van der Waals surface area contributed by atoms with Crippen LogP contribution in [-0.2, 0) is 14.3 Å². The lowest BCUT2D eigenvalue weighted by Crippen LogP contribution is -2.36.